The van der Waals surface area contributed by atoms with Crippen LogP contribution in [0.3, 0.4) is 0 Å². The van der Waals surface area contributed by atoms with Gasteiger partial charge in [-0.1, -0.05) is 25.1 Å². The molecule has 0 bridgehead atoms. The summed E-state index contributed by atoms with van der Waals surface area (Å²) in [4.78, 5) is 11.2. The number of para-hydroxylation sites is 1. The van der Waals surface area contributed by atoms with E-state index in [1.165, 1.54) is 0 Å². The summed E-state index contributed by atoms with van der Waals surface area (Å²) in [5.74, 6) is 1.94. The molecule has 6 nitrogen and oxygen atoms in total. The van der Waals surface area contributed by atoms with Crippen molar-refractivity contribution < 1.29 is 9.53 Å². The molecular weight excluding hydrogens is 280 g/mol. The second-order valence-electron chi connectivity index (χ2n) is 4.69. The Morgan fingerprint density at radius 3 is 2.55 bits per heavy atom. The average molecular weight is 300 g/mol. The summed E-state index contributed by atoms with van der Waals surface area (Å²) in [5, 5.41) is 13.8. The van der Waals surface area contributed by atoms with E-state index < -0.39 is 0 Å². The molecule has 2 N–H and O–H groups in total. The van der Waals surface area contributed by atoms with Crippen molar-refractivity contribution in [2.45, 2.75) is 19.8 Å². The van der Waals surface area contributed by atoms with Crippen molar-refractivity contribution >= 4 is 17.5 Å². The van der Waals surface area contributed by atoms with Gasteiger partial charge < -0.3 is 15.4 Å². The number of carbonyl (C=O) groups is 1. The molecule has 0 saturated heterocycles. The lowest BCUT2D eigenvalue weighted by Crippen LogP contribution is -2.12. The molecule has 1 aromatic carbocycles. The Labute approximate surface area is 129 Å². The minimum atomic E-state index is -0.0776. The number of methoxy groups -OCH3 is 1. The molecule has 2 rings (SSSR count). The summed E-state index contributed by atoms with van der Waals surface area (Å²) >= 11 is 0. The van der Waals surface area contributed by atoms with E-state index in [9.17, 15) is 4.79 Å². The SMILES string of the molecule is CCC(=O)Nc1ccc(NCCc2ccccc2OC)nn1. The van der Waals surface area contributed by atoms with Gasteiger partial charge in [0.1, 0.15) is 11.6 Å². The Morgan fingerprint density at radius 1 is 1.14 bits per heavy atom. The predicted octanol–water partition coefficient (Wildman–Crippen LogP) is 2.49. The summed E-state index contributed by atoms with van der Waals surface area (Å²) in [6.07, 6.45) is 1.24. The van der Waals surface area contributed by atoms with Crippen molar-refractivity contribution in [3.63, 3.8) is 0 Å². The van der Waals surface area contributed by atoms with Gasteiger partial charge in [0.15, 0.2) is 5.82 Å². The maximum absolute atomic E-state index is 11.2. The Morgan fingerprint density at radius 2 is 1.86 bits per heavy atom. The van der Waals surface area contributed by atoms with E-state index in [2.05, 4.69) is 20.8 Å². The zero-order valence-corrected chi connectivity index (χ0v) is 12.8. The van der Waals surface area contributed by atoms with E-state index in [4.69, 9.17) is 4.74 Å². The molecule has 0 unspecified atom stereocenters. The Bertz CT molecular complexity index is 614. The van der Waals surface area contributed by atoms with Crippen LogP contribution in [0, 0.1) is 0 Å². The molecule has 1 heterocycles. The number of amides is 1. The van der Waals surface area contributed by atoms with Crippen LogP contribution in [0.2, 0.25) is 0 Å². The molecule has 0 aliphatic carbocycles. The number of rotatable bonds is 7. The van der Waals surface area contributed by atoms with Crippen LogP contribution in [0.4, 0.5) is 11.6 Å². The van der Waals surface area contributed by atoms with Crippen molar-refractivity contribution in [2.24, 2.45) is 0 Å². The third-order valence-corrected chi connectivity index (χ3v) is 3.15. The molecule has 6 heteroatoms. The molecule has 1 aromatic heterocycles. The third-order valence-electron chi connectivity index (χ3n) is 3.15. The van der Waals surface area contributed by atoms with Gasteiger partial charge in [-0.15, -0.1) is 10.2 Å². The number of ether oxygens (including phenoxy) is 1. The summed E-state index contributed by atoms with van der Waals surface area (Å²) in [5.41, 5.74) is 1.14. The molecule has 22 heavy (non-hydrogen) atoms. The van der Waals surface area contributed by atoms with Gasteiger partial charge in [-0.25, -0.2) is 0 Å². The molecule has 0 fully saturated rings. The van der Waals surface area contributed by atoms with Crippen LogP contribution >= 0.6 is 0 Å². The van der Waals surface area contributed by atoms with Gasteiger partial charge in [0.05, 0.1) is 7.11 Å². The second kappa shape index (κ2) is 7.97. The van der Waals surface area contributed by atoms with Gasteiger partial charge in [0.2, 0.25) is 5.91 Å². The largest absolute Gasteiger partial charge is 0.496 e. The second-order valence-corrected chi connectivity index (χ2v) is 4.69. The van der Waals surface area contributed by atoms with Crippen molar-refractivity contribution in [3.05, 3.63) is 42.0 Å². The highest BCUT2D eigenvalue weighted by molar-refractivity contribution is 5.89. The maximum atomic E-state index is 11.2. The highest BCUT2D eigenvalue weighted by Crippen LogP contribution is 2.17. The molecule has 1 amide bonds. The van der Waals surface area contributed by atoms with Crippen LogP contribution in [0.1, 0.15) is 18.9 Å². The van der Waals surface area contributed by atoms with Gasteiger partial charge in [-0.3, -0.25) is 4.79 Å². The lowest BCUT2D eigenvalue weighted by atomic mass is 10.1. The van der Waals surface area contributed by atoms with Crippen LogP contribution < -0.4 is 15.4 Å². The highest BCUT2D eigenvalue weighted by atomic mass is 16.5. The first kappa shape index (κ1) is 15.8. The number of aromatic nitrogens is 2. The summed E-state index contributed by atoms with van der Waals surface area (Å²) < 4.78 is 5.32. The summed E-state index contributed by atoms with van der Waals surface area (Å²) in [7, 11) is 1.67. The van der Waals surface area contributed by atoms with Gasteiger partial charge in [-0.2, -0.15) is 0 Å². The Balaban J connectivity index is 1.85. The zero-order chi connectivity index (χ0) is 15.8. The number of anilines is 2. The van der Waals surface area contributed by atoms with Gasteiger partial charge in [0.25, 0.3) is 0 Å². The smallest absolute Gasteiger partial charge is 0.225 e. The van der Waals surface area contributed by atoms with Crippen LogP contribution in [-0.4, -0.2) is 29.8 Å². The predicted molar refractivity (Wildman–Crippen MR) is 86.1 cm³/mol. The normalized spacial score (nSPS) is 10.1. The average Bonchev–Trinajstić information content (AvgIpc) is 2.56. The molecule has 2 aromatic rings. The van der Waals surface area contributed by atoms with E-state index in [1.807, 2.05) is 24.3 Å². The monoisotopic (exact) mass is 300 g/mol. The van der Waals surface area contributed by atoms with E-state index in [0.717, 1.165) is 24.3 Å². The lowest BCUT2D eigenvalue weighted by Gasteiger charge is -2.09. The molecule has 0 spiro atoms. The molecule has 0 saturated carbocycles. The number of benzene rings is 1. The van der Waals surface area contributed by atoms with Crippen molar-refractivity contribution in [1.82, 2.24) is 10.2 Å². The van der Waals surface area contributed by atoms with Crippen molar-refractivity contribution in [3.8, 4) is 5.75 Å². The quantitative estimate of drug-likeness (QED) is 0.821. The molecular formula is C16H20N4O2. The molecule has 116 valence electrons. The van der Waals surface area contributed by atoms with Crippen LogP contribution in [0.25, 0.3) is 0 Å². The first-order valence-electron chi connectivity index (χ1n) is 7.22. The van der Waals surface area contributed by atoms with Crippen LogP contribution in [0.5, 0.6) is 5.75 Å². The van der Waals surface area contributed by atoms with Gasteiger partial charge >= 0.3 is 0 Å². The number of nitrogens with zero attached hydrogens (tertiary/aromatic N) is 2. The molecule has 0 atom stereocenters. The number of carbonyl (C=O) groups excluding carboxylic acids is 1. The fourth-order valence-electron chi connectivity index (χ4n) is 1.96. The minimum Gasteiger partial charge on any atom is -0.496 e. The first-order valence-corrected chi connectivity index (χ1v) is 7.22. The van der Waals surface area contributed by atoms with E-state index >= 15 is 0 Å². The van der Waals surface area contributed by atoms with Gasteiger partial charge in [0, 0.05) is 13.0 Å². The molecule has 0 aliphatic rings. The zero-order valence-electron chi connectivity index (χ0n) is 12.8. The molecule has 0 aliphatic heterocycles. The fraction of sp³-hybridized carbons (Fsp3) is 0.312. The Kier molecular flexibility index (Phi) is 5.71. The third kappa shape index (κ3) is 4.44. The van der Waals surface area contributed by atoms with Crippen LogP contribution in [-0.2, 0) is 11.2 Å². The van der Waals surface area contributed by atoms with Crippen LogP contribution in [0.15, 0.2) is 36.4 Å². The number of hydrogen-bond acceptors (Lipinski definition) is 5. The number of nitrogens with one attached hydrogen (secondary N) is 2. The van der Waals surface area contributed by atoms with E-state index in [1.54, 1.807) is 26.2 Å². The van der Waals surface area contributed by atoms with Crippen molar-refractivity contribution in [1.29, 1.82) is 0 Å². The Hall–Kier alpha value is -2.63. The van der Waals surface area contributed by atoms with Crippen molar-refractivity contribution in [2.75, 3.05) is 24.3 Å². The fourth-order valence-corrected chi connectivity index (χ4v) is 1.96. The number of hydrogen-bond donors (Lipinski definition) is 2. The van der Waals surface area contributed by atoms with E-state index in [0.29, 0.717) is 18.1 Å². The standard InChI is InChI=1S/C16H20N4O2/c1-3-16(21)18-15-9-8-14(19-20-15)17-11-10-12-6-4-5-7-13(12)22-2/h4-9H,3,10-11H2,1-2H3,(H,17,19)(H,18,20,21). The first-order chi connectivity index (χ1) is 10.7. The molecule has 0 radical (unpaired) electrons. The summed E-state index contributed by atoms with van der Waals surface area (Å²) in [6, 6.07) is 11.4. The topological polar surface area (TPSA) is 76.1 Å². The van der Waals surface area contributed by atoms with E-state index in [-0.39, 0.29) is 5.91 Å². The van der Waals surface area contributed by atoms with Gasteiger partial charge in [-0.05, 0) is 30.2 Å². The minimum absolute atomic E-state index is 0.0776. The lowest BCUT2D eigenvalue weighted by molar-refractivity contribution is -0.115. The highest BCUT2D eigenvalue weighted by Gasteiger charge is 2.03. The maximum Gasteiger partial charge on any atom is 0.225 e. The summed E-state index contributed by atoms with van der Waals surface area (Å²) in [6.45, 7) is 2.51.